The topological polar surface area (TPSA) is 67.1 Å². The van der Waals surface area contributed by atoms with Crippen molar-refractivity contribution in [2.45, 2.75) is 18.8 Å². The van der Waals surface area contributed by atoms with E-state index in [1.165, 1.54) is 0 Å². The number of benzene rings is 1. The maximum atomic E-state index is 5.95. The number of hydrogen-bond acceptors (Lipinski definition) is 6. The molecule has 6 nitrogen and oxygen atoms in total. The summed E-state index contributed by atoms with van der Waals surface area (Å²) >= 11 is 0. The van der Waals surface area contributed by atoms with Crippen LogP contribution in [-0.2, 0) is 0 Å². The molecule has 0 saturated carbocycles. The van der Waals surface area contributed by atoms with Crippen LogP contribution in [0.3, 0.4) is 0 Å². The highest BCUT2D eigenvalue weighted by molar-refractivity contribution is 5.72. The van der Waals surface area contributed by atoms with E-state index in [9.17, 15) is 0 Å². The van der Waals surface area contributed by atoms with Crippen LogP contribution in [0.4, 0.5) is 11.6 Å². The van der Waals surface area contributed by atoms with E-state index in [1.54, 1.807) is 6.33 Å². The van der Waals surface area contributed by atoms with Gasteiger partial charge in [-0.15, -0.1) is 0 Å². The third kappa shape index (κ3) is 2.72. The molecule has 1 fully saturated rings. The maximum absolute atomic E-state index is 5.95. The first-order chi connectivity index (χ1) is 11.3. The highest BCUT2D eigenvalue weighted by Crippen LogP contribution is 2.31. The van der Waals surface area contributed by atoms with Crippen molar-refractivity contribution in [1.29, 1.82) is 0 Å². The third-order valence-corrected chi connectivity index (χ3v) is 4.31. The molecule has 1 atom stereocenters. The molecule has 1 aromatic carbocycles. The minimum atomic E-state index is 0.296. The quantitative estimate of drug-likeness (QED) is 0.802. The Morgan fingerprint density at radius 2 is 2.17 bits per heavy atom. The van der Waals surface area contributed by atoms with Crippen molar-refractivity contribution in [3.63, 3.8) is 0 Å². The summed E-state index contributed by atoms with van der Waals surface area (Å²) in [7, 11) is 1.86. The summed E-state index contributed by atoms with van der Waals surface area (Å²) in [5, 5.41) is 3.06. The van der Waals surface area contributed by atoms with Crippen LogP contribution in [0.1, 0.15) is 24.7 Å². The molecule has 1 N–H and O–H groups in total. The molecule has 6 heteroatoms. The molecule has 0 aliphatic carbocycles. The first-order valence-electron chi connectivity index (χ1n) is 7.94. The Kier molecular flexibility index (Phi) is 3.57. The van der Waals surface area contributed by atoms with Gasteiger partial charge >= 0.3 is 0 Å². The summed E-state index contributed by atoms with van der Waals surface area (Å²) in [5.74, 6) is 2.91. The fourth-order valence-electron chi connectivity index (χ4n) is 3.11. The van der Waals surface area contributed by atoms with Crippen LogP contribution < -0.4 is 10.2 Å². The van der Waals surface area contributed by atoms with E-state index < -0.39 is 0 Å². The van der Waals surface area contributed by atoms with Crippen LogP contribution in [-0.4, -0.2) is 35.1 Å². The van der Waals surface area contributed by atoms with Gasteiger partial charge < -0.3 is 14.6 Å². The molecule has 0 bridgehead atoms. The van der Waals surface area contributed by atoms with Gasteiger partial charge in [0.25, 0.3) is 0 Å². The molecule has 1 unspecified atom stereocenters. The average molecular weight is 309 g/mol. The number of aromatic nitrogens is 3. The van der Waals surface area contributed by atoms with Crippen LogP contribution in [0.5, 0.6) is 0 Å². The van der Waals surface area contributed by atoms with Gasteiger partial charge in [0.1, 0.15) is 23.5 Å². The van der Waals surface area contributed by atoms with Crippen molar-refractivity contribution in [2.24, 2.45) is 0 Å². The molecule has 0 amide bonds. The van der Waals surface area contributed by atoms with Gasteiger partial charge in [-0.2, -0.15) is 0 Å². The minimum absolute atomic E-state index is 0.296. The van der Waals surface area contributed by atoms with Gasteiger partial charge in [0.15, 0.2) is 11.5 Å². The van der Waals surface area contributed by atoms with Crippen molar-refractivity contribution in [1.82, 2.24) is 15.0 Å². The molecule has 1 saturated heterocycles. The predicted octanol–water partition coefficient (Wildman–Crippen LogP) is 3.04. The number of nitrogens with one attached hydrogen (secondary N) is 1. The number of nitrogens with zero attached hydrogens (tertiary/aromatic N) is 4. The van der Waals surface area contributed by atoms with Gasteiger partial charge in [-0.25, -0.2) is 15.0 Å². The second kappa shape index (κ2) is 5.87. The van der Waals surface area contributed by atoms with Crippen molar-refractivity contribution < 1.29 is 4.42 Å². The fraction of sp³-hybridized carbons (Fsp3) is 0.353. The molecule has 4 rings (SSSR count). The summed E-state index contributed by atoms with van der Waals surface area (Å²) < 4.78 is 5.95. The standard InChI is InChI=1S/C17H19N5O/c1-18-15-9-16(20-11-19-15)22-8-4-5-12(10-22)17-21-13-6-2-3-7-14(13)23-17/h2-3,6-7,9,11-12H,4-5,8,10H2,1H3,(H,18,19,20). The molecular formula is C17H19N5O. The molecule has 0 radical (unpaired) electrons. The van der Waals surface area contributed by atoms with Gasteiger partial charge in [0.05, 0.1) is 5.92 Å². The molecule has 23 heavy (non-hydrogen) atoms. The lowest BCUT2D eigenvalue weighted by molar-refractivity contribution is 0.412. The first-order valence-corrected chi connectivity index (χ1v) is 7.94. The van der Waals surface area contributed by atoms with Crippen molar-refractivity contribution in [3.8, 4) is 0 Å². The average Bonchev–Trinajstić information content (AvgIpc) is 3.06. The van der Waals surface area contributed by atoms with Crippen LogP contribution >= 0.6 is 0 Å². The molecular weight excluding hydrogens is 290 g/mol. The molecule has 1 aliphatic rings. The Balaban J connectivity index is 1.58. The van der Waals surface area contributed by atoms with Crippen molar-refractivity contribution in [2.75, 3.05) is 30.4 Å². The largest absolute Gasteiger partial charge is 0.440 e. The second-order valence-corrected chi connectivity index (χ2v) is 5.82. The van der Waals surface area contributed by atoms with E-state index in [2.05, 4.69) is 25.2 Å². The van der Waals surface area contributed by atoms with E-state index in [4.69, 9.17) is 4.42 Å². The summed E-state index contributed by atoms with van der Waals surface area (Å²) in [5.41, 5.74) is 1.79. The van der Waals surface area contributed by atoms with Crippen molar-refractivity contribution in [3.05, 3.63) is 42.5 Å². The molecule has 0 spiro atoms. The predicted molar refractivity (Wildman–Crippen MR) is 89.8 cm³/mol. The van der Waals surface area contributed by atoms with Gasteiger partial charge in [0, 0.05) is 26.2 Å². The van der Waals surface area contributed by atoms with Gasteiger partial charge in [0.2, 0.25) is 0 Å². The molecule has 3 aromatic rings. The molecule has 1 aliphatic heterocycles. The number of oxazole rings is 1. The number of rotatable bonds is 3. The number of anilines is 2. The smallest absolute Gasteiger partial charge is 0.200 e. The van der Waals surface area contributed by atoms with E-state index >= 15 is 0 Å². The zero-order chi connectivity index (χ0) is 15.6. The monoisotopic (exact) mass is 309 g/mol. The first kappa shape index (κ1) is 14.0. The molecule has 118 valence electrons. The Hall–Kier alpha value is -2.63. The SMILES string of the molecule is CNc1cc(N2CCCC(c3nc4ccccc4o3)C2)ncn1. The van der Waals surface area contributed by atoms with Gasteiger partial charge in [-0.05, 0) is 25.0 Å². The Morgan fingerprint density at radius 1 is 1.26 bits per heavy atom. The maximum Gasteiger partial charge on any atom is 0.200 e. The summed E-state index contributed by atoms with van der Waals surface area (Å²) in [6.07, 6.45) is 3.79. The Labute approximate surface area is 134 Å². The second-order valence-electron chi connectivity index (χ2n) is 5.82. The van der Waals surface area contributed by atoms with E-state index in [-0.39, 0.29) is 0 Å². The Morgan fingerprint density at radius 3 is 3.04 bits per heavy atom. The lowest BCUT2D eigenvalue weighted by Gasteiger charge is -2.32. The van der Waals surface area contributed by atoms with Crippen molar-refractivity contribution >= 4 is 22.7 Å². The highest BCUT2D eigenvalue weighted by atomic mass is 16.3. The molecule has 3 heterocycles. The molecule has 2 aromatic heterocycles. The lowest BCUT2D eigenvalue weighted by atomic mass is 9.98. The van der Waals surface area contributed by atoms with Crippen LogP contribution in [0, 0.1) is 0 Å². The van der Waals surface area contributed by atoms with Crippen LogP contribution in [0.2, 0.25) is 0 Å². The zero-order valence-electron chi connectivity index (χ0n) is 13.1. The van der Waals surface area contributed by atoms with Crippen LogP contribution in [0.25, 0.3) is 11.1 Å². The third-order valence-electron chi connectivity index (χ3n) is 4.31. The number of hydrogen-bond donors (Lipinski definition) is 1. The highest BCUT2D eigenvalue weighted by Gasteiger charge is 2.26. The Bertz CT molecular complexity index is 782. The number of fused-ring (bicyclic) bond motifs is 1. The summed E-state index contributed by atoms with van der Waals surface area (Å²) in [6.45, 7) is 1.86. The zero-order valence-corrected chi connectivity index (χ0v) is 13.1. The number of para-hydroxylation sites is 2. The van der Waals surface area contributed by atoms with E-state index in [0.717, 1.165) is 54.6 Å². The van der Waals surface area contributed by atoms with E-state index in [0.29, 0.717) is 5.92 Å². The van der Waals surface area contributed by atoms with Crippen LogP contribution in [0.15, 0.2) is 41.1 Å². The minimum Gasteiger partial charge on any atom is -0.440 e. The lowest BCUT2D eigenvalue weighted by Crippen LogP contribution is -2.35. The fourth-order valence-corrected chi connectivity index (χ4v) is 3.11. The summed E-state index contributed by atoms with van der Waals surface area (Å²) in [6, 6.07) is 9.91. The summed E-state index contributed by atoms with van der Waals surface area (Å²) in [4.78, 5) is 15.5. The normalized spacial score (nSPS) is 18.3. The van der Waals surface area contributed by atoms with E-state index in [1.807, 2.05) is 37.4 Å². The number of piperidine rings is 1. The van der Waals surface area contributed by atoms with Gasteiger partial charge in [-0.3, -0.25) is 0 Å². The van der Waals surface area contributed by atoms with Gasteiger partial charge in [-0.1, -0.05) is 12.1 Å².